The van der Waals surface area contributed by atoms with Gasteiger partial charge in [-0.25, -0.2) is 0 Å². The summed E-state index contributed by atoms with van der Waals surface area (Å²) < 4.78 is 1.03. The fraction of sp³-hybridized carbons (Fsp3) is 0.462. The molecule has 0 bridgehead atoms. The molecule has 1 rings (SSSR count). The molecule has 0 fully saturated rings. The van der Waals surface area contributed by atoms with Gasteiger partial charge in [0.1, 0.15) is 0 Å². The van der Waals surface area contributed by atoms with Crippen molar-refractivity contribution in [2.45, 2.75) is 32.7 Å². The van der Waals surface area contributed by atoms with Gasteiger partial charge in [-0.15, -0.1) is 0 Å². The third kappa shape index (κ3) is 5.22. The van der Waals surface area contributed by atoms with Crippen LogP contribution < -0.4 is 10.6 Å². The lowest BCUT2D eigenvalue weighted by Crippen LogP contribution is -2.45. The van der Waals surface area contributed by atoms with Crippen LogP contribution in [0.25, 0.3) is 0 Å². The van der Waals surface area contributed by atoms with Crippen LogP contribution in [-0.2, 0) is 4.79 Å². The van der Waals surface area contributed by atoms with Gasteiger partial charge in [0.15, 0.2) is 0 Å². The van der Waals surface area contributed by atoms with Crippen LogP contribution >= 0.6 is 15.9 Å². The second-order valence-electron chi connectivity index (χ2n) is 4.65. The summed E-state index contributed by atoms with van der Waals surface area (Å²) in [6.07, 6.45) is 0.914. The smallest absolute Gasteiger partial charge is 0.239 e. The maximum atomic E-state index is 11.7. The number of amides is 1. The first-order chi connectivity index (χ1) is 7.93. The summed E-state index contributed by atoms with van der Waals surface area (Å²) in [6.45, 7) is 6.39. The number of nitrogens with one attached hydrogen (secondary N) is 2. The van der Waals surface area contributed by atoms with Gasteiger partial charge >= 0.3 is 0 Å². The Hall–Kier alpha value is -1.03. The van der Waals surface area contributed by atoms with Crippen LogP contribution in [0.1, 0.15) is 27.2 Å². The van der Waals surface area contributed by atoms with Gasteiger partial charge < -0.3 is 10.6 Å². The van der Waals surface area contributed by atoms with E-state index in [1.54, 1.807) is 0 Å². The number of halogens is 1. The average Bonchev–Trinajstić information content (AvgIpc) is 2.28. The molecule has 0 saturated heterocycles. The first kappa shape index (κ1) is 14.0. The van der Waals surface area contributed by atoms with E-state index >= 15 is 0 Å². The van der Waals surface area contributed by atoms with E-state index in [-0.39, 0.29) is 11.4 Å². The van der Waals surface area contributed by atoms with Gasteiger partial charge in [-0.3, -0.25) is 4.79 Å². The molecule has 0 aromatic heterocycles. The largest absolute Gasteiger partial charge is 0.376 e. The number of rotatable bonds is 5. The van der Waals surface area contributed by atoms with E-state index in [0.29, 0.717) is 6.54 Å². The fourth-order valence-corrected chi connectivity index (χ4v) is 1.52. The zero-order valence-corrected chi connectivity index (χ0v) is 12.1. The standard InChI is InChI=1S/C13H19BrN2O/c1-4-13(2,3)16-12(17)9-15-11-7-5-10(14)6-8-11/h5-8,15H,4,9H2,1-3H3,(H,16,17). The van der Waals surface area contributed by atoms with E-state index in [1.165, 1.54) is 0 Å². The lowest BCUT2D eigenvalue weighted by atomic mass is 10.0. The molecule has 0 spiro atoms. The highest BCUT2D eigenvalue weighted by atomic mass is 79.9. The molecule has 1 aromatic carbocycles. The van der Waals surface area contributed by atoms with Crippen molar-refractivity contribution in [1.29, 1.82) is 0 Å². The molecule has 0 aliphatic carbocycles. The van der Waals surface area contributed by atoms with Gasteiger partial charge in [0.05, 0.1) is 6.54 Å². The van der Waals surface area contributed by atoms with Gasteiger partial charge in [-0.1, -0.05) is 22.9 Å². The van der Waals surface area contributed by atoms with E-state index in [1.807, 2.05) is 38.1 Å². The normalized spacial score (nSPS) is 11.1. The predicted octanol–water partition coefficient (Wildman–Crippen LogP) is 3.17. The van der Waals surface area contributed by atoms with Crippen molar-refractivity contribution in [3.63, 3.8) is 0 Å². The van der Waals surface area contributed by atoms with Crippen molar-refractivity contribution in [2.24, 2.45) is 0 Å². The van der Waals surface area contributed by atoms with Crippen LogP contribution in [-0.4, -0.2) is 18.0 Å². The van der Waals surface area contributed by atoms with E-state index < -0.39 is 0 Å². The Balaban J connectivity index is 2.41. The molecule has 17 heavy (non-hydrogen) atoms. The van der Waals surface area contributed by atoms with Gasteiger partial charge in [-0.2, -0.15) is 0 Å². The Morgan fingerprint density at radius 1 is 1.29 bits per heavy atom. The first-order valence-electron chi connectivity index (χ1n) is 5.73. The molecule has 0 atom stereocenters. The van der Waals surface area contributed by atoms with Crippen LogP contribution in [0.5, 0.6) is 0 Å². The SMILES string of the molecule is CCC(C)(C)NC(=O)CNc1ccc(Br)cc1. The van der Waals surface area contributed by atoms with E-state index in [0.717, 1.165) is 16.6 Å². The minimum absolute atomic E-state index is 0.0137. The molecule has 0 saturated carbocycles. The highest BCUT2D eigenvalue weighted by molar-refractivity contribution is 9.10. The van der Waals surface area contributed by atoms with Crippen molar-refractivity contribution < 1.29 is 4.79 Å². The van der Waals surface area contributed by atoms with E-state index in [2.05, 4.69) is 33.5 Å². The quantitative estimate of drug-likeness (QED) is 0.877. The van der Waals surface area contributed by atoms with Crippen molar-refractivity contribution in [3.8, 4) is 0 Å². The Kier molecular flexibility index (Phi) is 5.00. The Morgan fingerprint density at radius 2 is 1.88 bits per heavy atom. The molecule has 1 amide bonds. The third-order valence-electron chi connectivity index (χ3n) is 2.66. The van der Waals surface area contributed by atoms with Crippen molar-refractivity contribution in [2.75, 3.05) is 11.9 Å². The summed E-state index contributed by atoms with van der Waals surface area (Å²) in [5, 5.41) is 6.06. The van der Waals surface area contributed by atoms with Gasteiger partial charge in [0.25, 0.3) is 0 Å². The highest BCUT2D eigenvalue weighted by Crippen LogP contribution is 2.13. The third-order valence-corrected chi connectivity index (χ3v) is 3.19. The molecule has 0 heterocycles. The monoisotopic (exact) mass is 298 g/mol. The number of carbonyl (C=O) groups is 1. The second kappa shape index (κ2) is 6.05. The number of anilines is 1. The lowest BCUT2D eigenvalue weighted by molar-refractivity contribution is -0.121. The number of hydrogen-bond donors (Lipinski definition) is 2. The molecule has 3 nitrogen and oxygen atoms in total. The maximum absolute atomic E-state index is 11.7. The first-order valence-corrected chi connectivity index (χ1v) is 6.53. The number of carbonyl (C=O) groups excluding carboxylic acids is 1. The average molecular weight is 299 g/mol. The summed E-state index contributed by atoms with van der Waals surface area (Å²) in [5.41, 5.74) is 0.802. The van der Waals surface area contributed by atoms with Crippen LogP contribution in [0.3, 0.4) is 0 Å². The number of hydrogen-bond acceptors (Lipinski definition) is 2. The number of benzene rings is 1. The predicted molar refractivity (Wildman–Crippen MR) is 75.1 cm³/mol. The zero-order valence-electron chi connectivity index (χ0n) is 10.5. The summed E-state index contributed by atoms with van der Waals surface area (Å²) >= 11 is 3.37. The molecule has 94 valence electrons. The summed E-state index contributed by atoms with van der Waals surface area (Å²) in [6, 6.07) is 7.75. The molecule has 0 aliphatic heterocycles. The molecule has 4 heteroatoms. The molecule has 0 radical (unpaired) electrons. The van der Waals surface area contributed by atoms with Crippen LogP contribution in [0.15, 0.2) is 28.7 Å². The molecule has 1 aromatic rings. The maximum Gasteiger partial charge on any atom is 0.239 e. The van der Waals surface area contributed by atoms with Crippen LogP contribution in [0.2, 0.25) is 0 Å². The zero-order chi connectivity index (χ0) is 12.9. The van der Waals surface area contributed by atoms with Crippen LogP contribution in [0.4, 0.5) is 5.69 Å². The van der Waals surface area contributed by atoms with Crippen molar-refractivity contribution in [1.82, 2.24) is 5.32 Å². The highest BCUT2D eigenvalue weighted by Gasteiger charge is 2.17. The topological polar surface area (TPSA) is 41.1 Å². The second-order valence-corrected chi connectivity index (χ2v) is 5.56. The Morgan fingerprint density at radius 3 is 2.41 bits per heavy atom. The minimum Gasteiger partial charge on any atom is -0.376 e. The summed E-state index contributed by atoms with van der Waals surface area (Å²) in [7, 11) is 0. The molecular weight excluding hydrogens is 280 g/mol. The summed E-state index contributed by atoms with van der Waals surface area (Å²) in [4.78, 5) is 11.7. The van der Waals surface area contributed by atoms with E-state index in [9.17, 15) is 4.79 Å². The van der Waals surface area contributed by atoms with Crippen molar-refractivity contribution in [3.05, 3.63) is 28.7 Å². The minimum atomic E-state index is -0.140. The lowest BCUT2D eigenvalue weighted by Gasteiger charge is -2.24. The van der Waals surface area contributed by atoms with Gasteiger partial charge in [-0.05, 0) is 44.5 Å². The van der Waals surface area contributed by atoms with Crippen molar-refractivity contribution >= 4 is 27.5 Å². The Bertz CT molecular complexity index is 374. The molecule has 0 aliphatic rings. The molecule has 2 N–H and O–H groups in total. The molecular formula is C13H19BrN2O. The fourth-order valence-electron chi connectivity index (χ4n) is 1.26. The van der Waals surface area contributed by atoms with Crippen LogP contribution in [0, 0.1) is 0 Å². The summed E-state index contributed by atoms with van der Waals surface area (Å²) in [5.74, 6) is 0.0137. The van der Waals surface area contributed by atoms with Gasteiger partial charge in [0.2, 0.25) is 5.91 Å². The van der Waals surface area contributed by atoms with E-state index in [4.69, 9.17) is 0 Å². The Labute approximate surface area is 111 Å². The molecule has 0 unspecified atom stereocenters. The van der Waals surface area contributed by atoms with Gasteiger partial charge in [0, 0.05) is 15.7 Å².